The largest absolute Gasteiger partial charge is 0.390 e. The molecule has 0 saturated heterocycles. The molecule has 0 aliphatic rings. The molecule has 1 aromatic rings. The Balaban J connectivity index is 2.16. The molecule has 1 heterocycles. The molecule has 0 saturated carbocycles. The Kier molecular flexibility index (Phi) is 7.81. The molecule has 0 bridgehead atoms. The molecule has 0 radical (unpaired) electrons. The molecule has 0 spiro atoms. The lowest BCUT2D eigenvalue weighted by atomic mass is 10.3. The summed E-state index contributed by atoms with van der Waals surface area (Å²) in [5.74, 6) is 0. The van der Waals surface area contributed by atoms with Crippen LogP contribution >= 0.6 is 22.9 Å². The van der Waals surface area contributed by atoms with Gasteiger partial charge in [-0.2, -0.15) is 0 Å². The number of hydrogen-bond acceptors (Lipinski definition) is 5. The summed E-state index contributed by atoms with van der Waals surface area (Å²) in [5, 5.41) is 13.0. The number of nitrogens with one attached hydrogen (secondary N) is 1. The highest BCUT2D eigenvalue weighted by Gasteiger charge is 2.09. The summed E-state index contributed by atoms with van der Waals surface area (Å²) >= 11 is 7.45. The van der Waals surface area contributed by atoms with Crippen LogP contribution in [0.2, 0.25) is 4.34 Å². The number of nitrogens with zero attached hydrogens (tertiary/aromatic N) is 1. The van der Waals surface area contributed by atoms with Crippen molar-refractivity contribution in [1.82, 2.24) is 10.2 Å². The fourth-order valence-electron chi connectivity index (χ4n) is 1.63. The fraction of sp³-hybridized carbons (Fsp3) is 0.667. The summed E-state index contributed by atoms with van der Waals surface area (Å²) < 4.78 is 5.73. The first-order valence-electron chi connectivity index (χ1n) is 5.92. The zero-order chi connectivity index (χ0) is 13.4. The van der Waals surface area contributed by atoms with Gasteiger partial charge in [-0.1, -0.05) is 11.6 Å². The number of ether oxygens (including phenoxy) is 1. The highest BCUT2D eigenvalue weighted by atomic mass is 35.5. The van der Waals surface area contributed by atoms with Crippen LogP contribution in [0.25, 0.3) is 0 Å². The number of hydrogen-bond donors (Lipinski definition) is 2. The van der Waals surface area contributed by atoms with Gasteiger partial charge in [-0.15, -0.1) is 11.3 Å². The van der Waals surface area contributed by atoms with E-state index in [2.05, 4.69) is 10.2 Å². The Morgan fingerprint density at radius 1 is 1.56 bits per heavy atom. The van der Waals surface area contributed by atoms with Gasteiger partial charge < -0.3 is 15.2 Å². The molecule has 1 rings (SSSR count). The Labute approximate surface area is 118 Å². The first-order chi connectivity index (χ1) is 8.61. The van der Waals surface area contributed by atoms with Crippen LogP contribution in [0.15, 0.2) is 12.1 Å². The molecular weight excluding hydrogens is 272 g/mol. The smallest absolute Gasteiger partial charge is 0.0931 e. The fourth-order valence-corrected chi connectivity index (χ4v) is 2.80. The Hall–Kier alpha value is -0.170. The van der Waals surface area contributed by atoms with E-state index in [1.165, 1.54) is 4.88 Å². The number of thiophene rings is 1. The highest BCUT2D eigenvalue weighted by Crippen LogP contribution is 2.22. The first-order valence-corrected chi connectivity index (χ1v) is 7.11. The molecule has 1 atom stereocenters. The van der Waals surface area contributed by atoms with E-state index in [4.69, 9.17) is 16.3 Å². The molecule has 18 heavy (non-hydrogen) atoms. The summed E-state index contributed by atoms with van der Waals surface area (Å²) in [6.07, 6.45) is -0.373. The van der Waals surface area contributed by atoms with E-state index in [-0.39, 0.29) is 6.10 Å². The third-order valence-corrected chi connectivity index (χ3v) is 3.66. The van der Waals surface area contributed by atoms with Crippen LogP contribution in [0.1, 0.15) is 4.88 Å². The Morgan fingerprint density at radius 2 is 2.33 bits per heavy atom. The van der Waals surface area contributed by atoms with Crippen molar-refractivity contribution >= 4 is 22.9 Å². The number of halogens is 1. The van der Waals surface area contributed by atoms with Crippen LogP contribution in [-0.2, 0) is 11.3 Å². The minimum Gasteiger partial charge on any atom is -0.390 e. The van der Waals surface area contributed by atoms with E-state index in [0.717, 1.165) is 17.4 Å². The van der Waals surface area contributed by atoms with Gasteiger partial charge in [0.1, 0.15) is 0 Å². The van der Waals surface area contributed by atoms with Gasteiger partial charge in [-0.05, 0) is 19.2 Å². The van der Waals surface area contributed by atoms with Crippen LogP contribution < -0.4 is 5.32 Å². The Bertz CT molecular complexity index is 336. The standard InChI is InChI=1S/C12H21ClN2O2S/c1-15(9-11-3-4-12(13)18-11)8-10(16)7-14-5-6-17-2/h3-4,10,14,16H,5-9H2,1-2H3. The first kappa shape index (κ1) is 15.9. The van der Waals surface area contributed by atoms with Crippen LogP contribution in [0, 0.1) is 0 Å². The van der Waals surface area contributed by atoms with E-state index in [1.807, 2.05) is 19.2 Å². The van der Waals surface area contributed by atoms with Gasteiger partial charge in [-0.3, -0.25) is 4.90 Å². The number of aliphatic hydroxyl groups excluding tert-OH is 1. The van der Waals surface area contributed by atoms with Crippen molar-refractivity contribution in [2.75, 3.05) is 40.4 Å². The van der Waals surface area contributed by atoms with Crippen molar-refractivity contribution < 1.29 is 9.84 Å². The SMILES string of the molecule is COCCNCC(O)CN(C)Cc1ccc(Cl)s1. The maximum Gasteiger partial charge on any atom is 0.0931 e. The number of rotatable bonds is 9. The maximum atomic E-state index is 9.83. The van der Waals surface area contributed by atoms with Crippen LogP contribution in [0.4, 0.5) is 0 Å². The van der Waals surface area contributed by atoms with E-state index in [0.29, 0.717) is 19.7 Å². The molecule has 0 aliphatic heterocycles. The minimum absolute atomic E-state index is 0.373. The summed E-state index contributed by atoms with van der Waals surface area (Å²) in [4.78, 5) is 3.30. The highest BCUT2D eigenvalue weighted by molar-refractivity contribution is 7.16. The molecule has 0 aliphatic carbocycles. The van der Waals surface area contributed by atoms with Gasteiger partial charge in [0.15, 0.2) is 0 Å². The maximum absolute atomic E-state index is 9.83. The number of aliphatic hydroxyl groups is 1. The molecule has 6 heteroatoms. The third-order valence-electron chi connectivity index (χ3n) is 2.44. The van der Waals surface area contributed by atoms with Crippen LogP contribution in [-0.4, -0.2) is 56.5 Å². The molecule has 0 amide bonds. The van der Waals surface area contributed by atoms with Gasteiger partial charge in [0.2, 0.25) is 0 Å². The van der Waals surface area contributed by atoms with Crippen LogP contribution in [0.5, 0.6) is 0 Å². The second-order valence-electron chi connectivity index (χ2n) is 4.25. The lowest BCUT2D eigenvalue weighted by Crippen LogP contribution is -2.37. The number of likely N-dealkylation sites (N-methyl/N-ethyl adjacent to an activating group) is 1. The lowest BCUT2D eigenvalue weighted by molar-refractivity contribution is 0.118. The van der Waals surface area contributed by atoms with Gasteiger partial charge in [-0.25, -0.2) is 0 Å². The summed E-state index contributed by atoms with van der Waals surface area (Å²) in [6, 6.07) is 3.92. The van der Waals surface area contributed by atoms with Gasteiger partial charge in [0, 0.05) is 38.2 Å². The second-order valence-corrected chi connectivity index (χ2v) is 6.05. The normalized spacial score (nSPS) is 13.2. The average molecular weight is 293 g/mol. The van der Waals surface area contributed by atoms with E-state index in [1.54, 1.807) is 18.4 Å². The van der Waals surface area contributed by atoms with Crippen molar-refractivity contribution in [2.45, 2.75) is 12.6 Å². The predicted octanol–water partition coefficient (Wildman–Crippen LogP) is 1.43. The van der Waals surface area contributed by atoms with Crippen molar-refractivity contribution in [2.24, 2.45) is 0 Å². The quantitative estimate of drug-likeness (QED) is 0.676. The molecule has 104 valence electrons. The molecule has 4 nitrogen and oxygen atoms in total. The summed E-state index contributed by atoms with van der Waals surface area (Å²) in [7, 11) is 3.66. The lowest BCUT2D eigenvalue weighted by Gasteiger charge is -2.20. The molecule has 2 N–H and O–H groups in total. The van der Waals surface area contributed by atoms with E-state index >= 15 is 0 Å². The molecular formula is C12H21ClN2O2S. The second kappa shape index (κ2) is 8.85. The minimum atomic E-state index is -0.373. The van der Waals surface area contributed by atoms with Crippen molar-refractivity contribution in [1.29, 1.82) is 0 Å². The monoisotopic (exact) mass is 292 g/mol. The van der Waals surface area contributed by atoms with Crippen molar-refractivity contribution in [3.63, 3.8) is 0 Å². The van der Waals surface area contributed by atoms with Gasteiger partial charge >= 0.3 is 0 Å². The zero-order valence-electron chi connectivity index (χ0n) is 10.9. The Morgan fingerprint density at radius 3 is 2.94 bits per heavy atom. The average Bonchev–Trinajstić information content (AvgIpc) is 2.70. The van der Waals surface area contributed by atoms with Crippen LogP contribution in [0.3, 0.4) is 0 Å². The van der Waals surface area contributed by atoms with E-state index in [9.17, 15) is 5.11 Å². The van der Waals surface area contributed by atoms with Crippen molar-refractivity contribution in [3.8, 4) is 0 Å². The number of methoxy groups -OCH3 is 1. The summed E-state index contributed by atoms with van der Waals surface area (Å²) in [6.45, 7) is 3.45. The summed E-state index contributed by atoms with van der Waals surface area (Å²) in [5.41, 5.74) is 0. The zero-order valence-corrected chi connectivity index (χ0v) is 12.4. The molecule has 0 fully saturated rings. The van der Waals surface area contributed by atoms with E-state index < -0.39 is 0 Å². The molecule has 1 unspecified atom stereocenters. The third kappa shape index (κ3) is 6.68. The van der Waals surface area contributed by atoms with Gasteiger partial charge in [0.05, 0.1) is 17.0 Å². The molecule has 0 aromatic carbocycles. The topological polar surface area (TPSA) is 44.7 Å². The predicted molar refractivity (Wildman–Crippen MR) is 76.4 cm³/mol. The van der Waals surface area contributed by atoms with Crippen molar-refractivity contribution in [3.05, 3.63) is 21.3 Å². The van der Waals surface area contributed by atoms with Gasteiger partial charge in [0.25, 0.3) is 0 Å². The molecule has 1 aromatic heterocycles.